The molecule has 1 heterocycles. The van der Waals surface area contributed by atoms with Gasteiger partial charge in [-0.15, -0.1) is 0 Å². The minimum atomic E-state index is 0.723. The molecule has 0 aromatic heterocycles. The van der Waals surface area contributed by atoms with Crippen molar-refractivity contribution in [3.63, 3.8) is 0 Å². The Morgan fingerprint density at radius 1 is 1.09 bits per heavy atom. The number of benzene rings is 2. The topological polar surface area (TPSA) is 12.5 Å². The van der Waals surface area contributed by atoms with Gasteiger partial charge in [-0.1, -0.05) is 36.4 Å². The summed E-state index contributed by atoms with van der Waals surface area (Å²) in [4.78, 5) is 2.64. The van der Waals surface area contributed by atoms with Crippen molar-refractivity contribution in [2.45, 2.75) is 31.7 Å². The Morgan fingerprint density at radius 3 is 2.78 bits per heavy atom. The Balaban J connectivity index is 1.49. The van der Waals surface area contributed by atoms with Crippen LogP contribution in [0, 0.1) is 5.92 Å². The second kappa shape index (κ2) is 6.37. The fraction of sp³-hybridized carbons (Fsp3) is 0.429. The van der Waals surface area contributed by atoms with E-state index in [2.05, 4.69) is 53.4 Å². The SMILES string of the molecule is COc1ccc2c(c1)[C@@H]1CCN(Cc3ccccc3)C[C@H]1CC2. The van der Waals surface area contributed by atoms with E-state index in [1.807, 2.05) is 0 Å². The number of aryl methyl sites for hydroxylation is 1. The summed E-state index contributed by atoms with van der Waals surface area (Å²) in [6.45, 7) is 3.53. The minimum absolute atomic E-state index is 0.723. The van der Waals surface area contributed by atoms with Crippen LogP contribution in [0.15, 0.2) is 48.5 Å². The monoisotopic (exact) mass is 307 g/mol. The van der Waals surface area contributed by atoms with E-state index in [1.54, 1.807) is 18.2 Å². The van der Waals surface area contributed by atoms with Gasteiger partial charge >= 0.3 is 0 Å². The van der Waals surface area contributed by atoms with Crippen LogP contribution in [-0.4, -0.2) is 25.1 Å². The van der Waals surface area contributed by atoms with Gasteiger partial charge in [0.15, 0.2) is 0 Å². The van der Waals surface area contributed by atoms with Crippen molar-refractivity contribution in [3.05, 3.63) is 65.2 Å². The van der Waals surface area contributed by atoms with E-state index >= 15 is 0 Å². The largest absolute Gasteiger partial charge is 0.497 e. The first-order chi connectivity index (χ1) is 11.3. The summed E-state index contributed by atoms with van der Waals surface area (Å²) < 4.78 is 5.45. The summed E-state index contributed by atoms with van der Waals surface area (Å²) in [7, 11) is 1.77. The van der Waals surface area contributed by atoms with Gasteiger partial charge in [-0.2, -0.15) is 0 Å². The molecule has 120 valence electrons. The maximum atomic E-state index is 5.45. The summed E-state index contributed by atoms with van der Waals surface area (Å²) in [5, 5.41) is 0. The molecule has 0 saturated carbocycles. The third kappa shape index (κ3) is 3.00. The highest BCUT2D eigenvalue weighted by atomic mass is 16.5. The molecule has 2 aliphatic rings. The van der Waals surface area contributed by atoms with Crippen LogP contribution in [0.2, 0.25) is 0 Å². The van der Waals surface area contributed by atoms with E-state index in [0.29, 0.717) is 0 Å². The summed E-state index contributed by atoms with van der Waals surface area (Å²) >= 11 is 0. The molecule has 2 nitrogen and oxygen atoms in total. The lowest BCUT2D eigenvalue weighted by Crippen LogP contribution is -2.41. The Morgan fingerprint density at radius 2 is 1.96 bits per heavy atom. The predicted molar refractivity (Wildman–Crippen MR) is 93.9 cm³/mol. The summed E-state index contributed by atoms with van der Waals surface area (Å²) in [5.74, 6) is 2.53. The van der Waals surface area contributed by atoms with Crippen molar-refractivity contribution >= 4 is 0 Å². The van der Waals surface area contributed by atoms with E-state index in [4.69, 9.17) is 4.74 Å². The van der Waals surface area contributed by atoms with E-state index < -0.39 is 0 Å². The zero-order valence-electron chi connectivity index (χ0n) is 13.9. The first-order valence-corrected chi connectivity index (χ1v) is 8.76. The van der Waals surface area contributed by atoms with Crippen molar-refractivity contribution in [2.24, 2.45) is 5.92 Å². The molecule has 1 aliphatic carbocycles. The van der Waals surface area contributed by atoms with Gasteiger partial charge in [-0.05, 0) is 66.5 Å². The number of nitrogens with zero attached hydrogens (tertiary/aromatic N) is 1. The average molecular weight is 307 g/mol. The highest BCUT2D eigenvalue weighted by Crippen LogP contribution is 2.42. The van der Waals surface area contributed by atoms with Gasteiger partial charge in [0.25, 0.3) is 0 Å². The normalized spacial score (nSPS) is 23.9. The van der Waals surface area contributed by atoms with Crippen LogP contribution in [-0.2, 0) is 13.0 Å². The highest BCUT2D eigenvalue weighted by Gasteiger charge is 2.34. The fourth-order valence-electron chi connectivity index (χ4n) is 4.41. The van der Waals surface area contributed by atoms with Crippen molar-refractivity contribution < 1.29 is 4.74 Å². The van der Waals surface area contributed by atoms with Crippen LogP contribution in [0.5, 0.6) is 5.75 Å². The molecule has 2 aromatic rings. The van der Waals surface area contributed by atoms with Gasteiger partial charge in [-0.25, -0.2) is 0 Å². The molecule has 4 rings (SSSR count). The standard InChI is InChI=1S/C21H25NO/c1-23-19-10-9-17-7-8-18-15-22(12-11-20(18)21(17)13-19)14-16-5-3-2-4-6-16/h2-6,9-10,13,18,20H,7-8,11-12,14-15H2,1H3/t18-,20-/m1/s1. The third-order valence-electron chi connectivity index (χ3n) is 5.60. The smallest absolute Gasteiger partial charge is 0.119 e. The van der Waals surface area contributed by atoms with Gasteiger partial charge < -0.3 is 4.74 Å². The van der Waals surface area contributed by atoms with Gasteiger partial charge in [0.2, 0.25) is 0 Å². The van der Waals surface area contributed by atoms with E-state index in [9.17, 15) is 0 Å². The van der Waals surface area contributed by atoms with Crippen LogP contribution in [0.3, 0.4) is 0 Å². The van der Waals surface area contributed by atoms with Crippen LogP contribution >= 0.6 is 0 Å². The average Bonchev–Trinajstić information content (AvgIpc) is 2.61. The van der Waals surface area contributed by atoms with E-state index in [1.165, 1.54) is 37.9 Å². The molecule has 1 saturated heterocycles. The lowest BCUT2D eigenvalue weighted by atomic mass is 9.71. The zero-order valence-corrected chi connectivity index (χ0v) is 13.9. The summed E-state index contributed by atoms with van der Waals surface area (Å²) in [5.41, 5.74) is 4.53. The van der Waals surface area contributed by atoms with Crippen molar-refractivity contribution in [1.29, 1.82) is 0 Å². The quantitative estimate of drug-likeness (QED) is 0.840. The second-order valence-electron chi connectivity index (χ2n) is 6.98. The number of hydrogen-bond acceptors (Lipinski definition) is 2. The maximum absolute atomic E-state index is 5.45. The Kier molecular flexibility index (Phi) is 4.09. The Hall–Kier alpha value is -1.80. The molecule has 2 heteroatoms. The van der Waals surface area contributed by atoms with Crippen LogP contribution in [0.4, 0.5) is 0 Å². The number of likely N-dealkylation sites (tertiary alicyclic amines) is 1. The highest BCUT2D eigenvalue weighted by molar-refractivity contribution is 5.40. The van der Waals surface area contributed by atoms with Crippen LogP contribution < -0.4 is 4.74 Å². The fourth-order valence-corrected chi connectivity index (χ4v) is 4.41. The van der Waals surface area contributed by atoms with Crippen molar-refractivity contribution in [1.82, 2.24) is 4.90 Å². The number of rotatable bonds is 3. The number of fused-ring (bicyclic) bond motifs is 3. The molecular formula is C21H25NO. The van der Waals surface area contributed by atoms with Crippen molar-refractivity contribution in [2.75, 3.05) is 20.2 Å². The van der Waals surface area contributed by atoms with Crippen molar-refractivity contribution in [3.8, 4) is 5.75 Å². The molecule has 1 aliphatic heterocycles. The Bertz CT molecular complexity index is 667. The number of hydrogen-bond donors (Lipinski definition) is 0. The summed E-state index contributed by atoms with van der Waals surface area (Å²) in [6.07, 6.45) is 3.83. The predicted octanol–water partition coefficient (Wildman–Crippen LogP) is 4.25. The second-order valence-corrected chi connectivity index (χ2v) is 6.98. The third-order valence-corrected chi connectivity index (χ3v) is 5.60. The molecule has 0 bridgehead atoms. The molecule has 0 N–H and O–H groups in total. The molecule has 1 fully saturated rings. The first-order valence-electron chi connectivity index (χ1n) is 8.76. The first kappa shape index (κ1) is 14.8. The molecule has 2 atom stereocenters. The zero-order chi connectivity index (χ0) is 15.6. The maximum Gasteiger partial charge on any atom is 0.119 e. The lowest BCUT2D eigenvalue weighted by Gasteiger charge is -2.42. The van der Waals surface area contributed by atoms with Gasteiger partial charge in [0, 0.05) is 13.1 Å². The molecule has 0 spiro atoms. The lowest BCUT2D eigenvalue weighted by molar-refractivity contribution is 0.135. The molecule has 23 heavy (non-hydrogen) atoms. The number of ether oxygens (including phenoxy) is 1. The van der Waals surface area contributed by atoms with Gasteiger partial charge in [0.05, 0.1) is 7.11 Å². The molecule has 0 amide bonds. The van der Waals surface area contributed by atoms with Gasteiger partial charge in [0.1, 0.15) is 5.75 Å². The molecule has 0 radical (unpaired) electrons. The van der Waals surface area contributed by atoms with Crippen LogP contribution in [0.25, 0.3) is 0 Å². The molecule has 0 unspecified atom stereocenters. The number of methoxy groups -OCH3 is 1. The van der Waals surface area contributed by atoms with Crippen LogP contribution in [0.1, 0.15) is 35.4 Å². The molecule has 2 aromatic carbocycles. The van der Waals surface area contributed by atoms with E-state index in [0.717, 1.165) is 24.1 Å². The Labute approximate surface area is 139 Å². The summed E-state index contributed by atoms with van der Waals surface area (Å²) in [6, 6.07) is 17.6. The molecular weight excluding hydrogens is 282 g/mol. The van der Waals surface area contributed by atoms with Gasteiger partial charge in [-0.3, -0.25) is 4.90 Å². The van der Waals surface area contributed by atoms with E-state index in [-0.39, 0.29) is 0 Å². The number of piperidine rings is 1. The minimum Gasteiger partial charge on any atom is -0.497 e.